The quantitative estimate of drug-likeness (QED) is 0.900. The van der Waals surface area contributed by atoms with E-state index in [9.17, 15) is 4.79 Å². The van der Waals surface area contributed by atoms with Gasteiger partial charge in [0.2, 0.25) is 0 Å². The molecule has 1 aromatic rings. The number of aromatic amines is 1. The summed E-state index contributed by atoms with van der Waals surface area (Å²) in [7, 11) is 0. The van der Waals surface area contributed by atoms with E-state index in [1.54, 1.807) is 0 Å². The van der Waals surface area contributed by atoms with Gasteiger partial charge in [-0.05, 0) is 39.4 Å². The van der Waals surface area contributed by atoms with Gasteiger partial charge in [0.1, 0.15) is 11.9 Å². The van der Waals surface area contributed by atoms with E-state index in [2.05, 4.69) is 26.7 Å². The highest BCUT2D eigenvalue weighted by atomic mass is 16.5. The molecular weight excluding hydrogens is 280 g/mol. The third kappa shape index (κ3) is 3.56. The minimum atomic E-state index is -0.120. The lowest BCUT2D eigenvalue weighted by Crippen LogP contribution is -2.49. The molecule has 2 fully saturated rings. The van der Waals surface area contributed by atoms with Crippen molar-refractivity contribution in [2.45, 2.75) is 38.8 Å². The predicted molar refractivity (Wildman–Crippen MR) is 85.0 cm³/mol. The molecule has 0 aliphatic carbocycles. The third-order valence-corrected chi connectivity index (χ3v) is 4.81. The maximum atomic E-state index is 11.6. The first-order chi connectivity index (χ1) is 10.7. The Hall–Kier alpha value is -1.24. The first-order valence-electron chi connectivity index (χ1n) is 8.31. The van der Waals surface area contributed by atoms with Gasteiger partial charge in [0.25, 0.3) is 5.56 Å². The molecule has 0 aromatic carbocycles. The Morgan fingerprint density at radius 2 is 2.14 bits per heavy atom. The number of hydrogen-bond donors (Lipinski definition) is 1. The van der Waals surface area contributed by atoms with Crippen LogP contribution >= 0.6 is 0 Å². The number of nitrogens with zero attached hydrogens (tertiary/aromatic N) is 3. The van der Waals surface area contributed by atoms with Gasteiger partial charge in [-0.25, -0.2) is 4.98 Å². The summed E-state index contributed by atoms with van der Waals surface area (Å²) in [5.41, 5.74) is 0.648. The van der Waals surface area contributed by atoms with Crippen LogP contribution in [0, 0.1) is 6.92 Å². The molecule has 122 valence electrons. The predicted octanol–water partition coefficient (Wildman–Crippen LogP) is 0.936. The van der Waals surface area contributed by atoms with Crippen LogP contribution in [0.5, 0.6) is 0 Å². The molecule has 0 spiro atoms. The molecule has 0 saturated carbocycles. The minimum Gasteiger partial charge on any atom is -0.368 e. The Morgan fingerprint density at radius 1 is 1.36 bits per heavy atom. The summed E-state index contributed by atoms with van der Waals surface area (Å²) in [4.78, 5) is 23.9. The number of rotatable bonds is 3. The summed E-state index contributed by atoms with van der Waals surface area (Å²) in [6.07, 6.45) is 2.32. The zero-order chi connectivity index (χ0) is 15.5. The van der Waals surface area contributed by atoms with Crippen molar-refractivity contribution in [1.29, 1.82) is 0 Å². The average molecular weight is 306 g/mol. The second kappa shape index (κ2) is 6.89. The summed E-state index contributed by atoms with van der Waals surface area (Å²) in [6, 6.07) is 2.15. The molecule has 2 saturated heterocycles. The van der Waals surface area contributed by atoms with E-state index in [1.165, 1.54) is 32.0 Å². The normalized spacial score (nSPS) is 25.5. The van der Waals surface area contributed by atoms with Crippen molar-refractivity contribution in [2.75, 3.05) is 39.3 Å². The zero-order valence-electron chi connectivity index (χ0n) is 13.5. The SMILES string of the molecule is CCN1CCC(N2CCO[C@H](c3nc(C)cc(=O)[nH]3)C2)CC1. The molecule has 6 heteroatoms. The first-order valence-corrected chi connectivity index (χ1v) is 8.31. The molecule has 3 heterocycles. The minimum absolute atomic E-state index is 0.0977. The summed E-state index contributed by atoms with van der Waals surface area (Å²) in [5, 5.41) is 0. The fraction of sp³-hybridized carbons (Fsp3) is 0.750. The molecule has 0 radical (unpaired) electrons. The lowest BCUT2D eigenvalue weighted by Gasteiger charge is -2.41. The number of piperidine rings is 1. The zero-order valence-corrected chi connectivity index (χ0v) is 13.5. The lowest BCUT2D eigenvalue weighted by atomic mass is 10.0. The van der Waals surface area contributed by atoms with Crippen molar-refractivity contribution in [1.82, 2.24) is 19.8 Å². The molecule has 2 aliphatic heterocycles. The number of nitrogens with one attached hydrogen (secondary N) is 1. The number of hydrogen-bond acceptors (Lipinski definition) is 5. The lowest BCUT2D eigenvalue weighted by molar-refractivity contribution is -0.0570. The third-order valence-electron chi connectivity index (χ3n) is 4.81. The van der Waals surface area contributed by atoms with Gasteiger partial charge in [0.05, 0.1) is 6.61 Å². The Kier molecular flexibility index (Phi) is 4.90. The smallest absolute Gasteiger partial charge is 0.251 e. The number of H-pyrrole nitrogens is 1. The van der Waals surface area contributed by atoms with Gasteiger partial charge in [-0.1, -0.05) is 6.92 Å². The molecule has 0 unspecified atom stereocenters. The number of ether oxygens (including phenoxy) is 1. The van der Waals surface area contributed by atoms with Crippen molar-refractivity contribution in [3.05, 3.63) is 27.9 Å². The van der Waals surface area contributed by atoms with Gasteiger partial charge < -0.3 is 14.6 Å². The first kappa shape index (κ1) is 15.6. The Labute approximate surface area is 131 Å². The number of morpholine rings is 1. The van der Waals surface area contributed by atoms with Crippen LogP contribution in [-0.4, -0.2) is 65.1 Å². The largest absolute Gasteiger partial charge is 0.368 e. The Bertz CT molecular complexity index is 551. The molecule has 1 N–H and O–H groups in total. The van der Waals surface area contributed by atoms with Gasteiger partial charge in [-0.15, -0.1) is 0 Å². The number of likely N-dealkylation sites (tertiary alicyclic amines) is 1. The van der Waals surface area contributed by atoms with E-state index in [1.807, 2.05) is 6.92 Å². The van der Waals surface area contributed by atoms with Gasteiger partial charge in [-0.3, -0.25) is 9.69 Å². The van der Waals surface area contributed by atoms with Crippen LogP contribution in [-0.2, 0) is 4.74 Å². The number of aryl methyl sites for hydroxylation is 1. The van der Waals surface area contributed by atoms with E-state index >= 15 is 0 Å². The molecule has 22 heavy (non-hydrogen) atoms. The Balaban J connectivity index is 1.65. The summed E-state index contributed by atoms with van der Waals surface area (Å²) in [5.74, 6) is 0.667. The van der Waals surface area contributed by atoms with Crippen molar-refractivity contribution < 1.29 is 4.74 Å². The molecule has 0 bridgehead atoms. The summed E-state index contributed by atoms with van der Waals surface area (Å²) in [6.45, 7) is 10.1. The monoisotopic (exact) mass is 306 g/mol. The van der Waals surface area contributed by atoms with Crippen molar-refractivity contribution >= 4 is 0 Å². The van der Waals surface area contributed by atoms with Crippen molar-refractivity contribution in [3.63, 3.8) is 0 Å². The van der Waals surface area contributed by atoms with E-state index in [0.717, 1.165) is 25.3 Å². The van der Waals surface area contributed by atoms with Crippen LogP contribution in [0.1, 0.15) is 37.4 Å². The molecule has 2 aliphatic rings. The fourth-order valence-corrected chi connectivity index (χ4v) is 3.52. The average Bonchev–Trinajstić information content (AvgIpc) is 2.54. The molecule has 6 nitrogen and oxygen atoms in total. The summed E-state index contributed by atoms with van der Waals surface area (Å²) < 4.78 is 5.85. The van der Waals surface area contributed by atoms with Crippen LogP contribution in [0.3, 0.4) is 0 Å². The topological polar surface area (TPSA) is 61.5 Å². The van der Waals surface area contributed by atoms with Gasteiger partial charge in [0, 0.05) is 30.9 Å². The van der Waals surface area contributed by atoms with E-state index in [4.69, 9.17) is 4.74 Å². The number of aromatic nitrogens is 2. The maximum Gasteiger partial charge on any atom is 0.251 e. The van der Waals surface area contributed by atoms with Crippen LogP contribution in [0.2, 0.25) is 0 Å². The van der Waals surface area contributed by atoms with Crippen molar-refractivity contribution in [3.8, 4) is 0 Å². The second-order valence-corrected chi connectivity index (χ2v) is 6.29. The molecule has 1 atom stereocenters. The molecule has 0 amide bonds. The Morgan fingerprint density at radius 3 is 2.82 bits per heavy atom. The van der Waals surface area contributed by atoms with Crippen LogP contribution < -0.4 is 5.56 Å². The molecule has 3 rings (SSSR count). The second-order valence-electron chi connectivity index (χ2n) is 6.29. The van der Waals surface area contributed by atoms with Crippen LogP contribution in [0.25, 0.3) is 0 Å². The highest BCUT2D eigenvalue weighted by Gasteiger charge is 2.30. The molecular formula is C16H26N4O2. The highest BCUT2D eigenvalue weighted by Crippen LogP contribution is 2.24. The van der Waals surface area contributed by atoms with Gasteiger partial charge >= 0.3 is 0 Å². The van der Waals surface area contributed by atoms with E-state index in [0.29, 0.717) is 18.5 Å². The maximum absolute atomic E-state index is 11.6. The standard InChI is InChI=1S/C16H26N4O2/c1-3-19-6-4-13(5-7-19)20-8-9-22-14(11-20)16-17-12(2)10-15(21)18-16/h10,13-14H,3-9,11H2,1-2H3,(H,17,18,21)/t14-/m0/s1. The van der Waals surface area contributed by atoms with Gasteiger partial charge in [-0.2, -0.15) is 0 Å². The van der Waals surface area contributed by atoms with Crippen molar-refractivity contribution in [2.24, 2.45) is 0 Å². The summed E-state index contributed by atoms with van der Waals surface area (Å²) >= 11 is 0. The van der Waals surface area contributed by atoms with Crippen LogP contribution in [0.15, 0.2) is 10.9 Å². The highest BCUT2D eigenvalue weighted by molar-refractivity contribution is 5.04. The fourth-order valence-electron chi connectivity index (χ4n) is 3.52. The van der Waals surface area contributed by atoms with E-state index in [-0.39, 0.29) is 11.7 Å². The van der Waals surface area contributed by atoms with Crippen LogP contribution in [0.4, 0.5) is 0 Å². The molecule has 1 aromatic heterocycles. The van der Waals surface area contributed by atoms with E-state index < -0.39 is 0 Å². The van der Waals surface area contributed by atoms with Gasteiger partial charge in [0.15, 0.2) is 0 Å².